The number of aromatic nitrogens is 4. The van der Waals surface area contributed by atoms with Crippen molar-refractivity contribution in [2.75, 3.05) is 11.1 Å². The van der Waals surface area contributed by atoms with Crippen LogP contribution in [-0.2, 0) is 4.79 Å². The summed E-state index contributed by atoms with van der Waals surface area (Å²) in [6, 6.07) is 9.68. The molecule has 0 spiro atoms. The van der Waals surface area contributed by atoms with Gasteiger partial charge in [-0.05, 0) is 18.9 Å². The summed E-state index contributed by atoms with van der Waals surface area (Å²) in [5.41, 5.74) is 1.56. The number of nitro benzene ring substituents is 2. The van der Waals surface area contributed by atoms with Gasteiger partial charge in [0.2, 0.25) is 11.1 Å². The van der Waals surface area contributed by atoms with Gasteiger partial charge in [-0.2, -0.15) is 0 Å². The minimum Gasteiger partial charge on any atom is -0.342 e. The second-order valence-corrected chi connectivity index (χ2v) is 10.9. The second kappa shape index (κ2) is 12.6. The fourth-order valence-corrected chi connectivity index (χ4v) is 5.05. The van der Waals surface area contributed by atoms with Gasteiger partial charge in [0, 0.05) is 40.3 Å². The van der Waals surface area contributed by atoms with Gasteiger partial charge >= 0.3 is 0 Å². The van der Waals surface area contributed by atoms with E-state index in [0.717, 1.165) is 11.8 Å². The molecule has 14 nitrogen and oxygen atoms in total. The third-order valence-corrected chi connectivity index (χ3v) is 7.44. The zero-order chi connectivity index (χ0) is 29.7. The van der Waals surface area contributed by atoms with Crippen molar-refractivity contribution in [3.05, 3.63) is 85.0 Å². The van der Waals surface area contributed by atoms with Crippen LogP contribution in [-0.4, -0.2) is 47.6 Å². The van der Waals surface area contributed by atoms with E-state index in [9.17, 15) is 29.8 Å². The standard InChI is InChI=1S/C25H24N8O6S2/c1-13(2)21(28-23(35)16-5-4-6-17(9-16)32(36)37)22-29-25(31-30-22)41-12-20(34)27-24-26-18(11-40-24)15-8-7-14(3)19(10-15)33(38)39/h4-11,13,21H,12H2,1-3H3,(H,28,35)(H,26,27,34)(H,29,30,31)/t21-/m0/s1. The number of rotatable bonds is 11. The molecule has 3 N–H and O–H groups in total. The van der Waals surface area contributed by atoms with Gasteiger partial charge in [-0.1, -0.05) is 43.8 Å². The molecule has 0 unspecified atom stereocenters. The molecule has 2 aromatic heterocycles. The summed E-state index contributed by atoms with van der Waals surface area (Å²) in [4.78, 5) is 55.3. The molecule has 2 amide bonds. The third kappa shape index (κ3) is 7.29. The molecule has 1 atom stereocenters. The molecule has 0 saturated heterocycles. The normalized spacial score (nSPS) is 11.7. The van der Waals surface area contributed by atoms with E-state index in [0.29, 0.717) is 27.8 Å². The Morgan fingerprint density at radius 2 is 1.88 bits per heavy atom. The minimum absolute atomic E-state index is 0.00771. The average Bonchev–Trinajstić information content (AvgIpc) is 3.60. The first-order valence-corrected chi connectivity index (χ1v) is 14.0. The monoisotopic (exact) mass is 596 g/mol. The molecule has 4 rings (SSSR count). The van der Waals surface area contributed by atoms with Gasteiger partial charge in [0.15, 0.2) is 5.13 Å². The lowest BCUT2D eigenvalue weighted by Gasteiger charge is -2.19. The molecule has 2 aromatic carbocycles. The number of nitrogens with zero attached hydrogens (tertiary/aromatic N) is 5. The van der Waals surface area contributed by atoms with Gasteiger partial charge in [0.25, 0.3) is 17.3 Å². The Labute approximate surface area is 241 Å². The van der Waals surface area contributed by atoms with Gasteiger partial charge in [-0.3, -0.25) is 34.9 Å². The Morgan fingerprint density at radius 3 is 2.59 bits per heavy atom. The maximum absolute atomic E-state index is 12.8. The van der Waals surface area contributed by atoms with Crippen LogP contribution in [0.3, 0.4) is 0 Å². The molecular weight excluding hydrogens is 572 g/mol. The second-order valence-electron chi connectivity index (χ2n) is 9.14. The molecule has 0 fully saturated rings. The summed E-state index contributed by atoms with van der Waals surface area (Å²) in [6.45, 7) is 5.40. The zero-order valence-electron chi connectivity index (χ0n) is 22.0. The Morgan fingerprint density at radius 1 is 1.10 bits per heavy atom. The smallest absolute Gasteiger partial charge is 0.272 e. The molecule has 0 aliphatic carbocycles. The first-order valence-electron chi connectivity index (χ1n) is 12.1. The van der Waals surface area contributed by atoms with Crippen LogP contribution in [0.25, 0.3) is 11.3 Å². The maximum atomic E-state index is 12.8. The number of benzene rings is 2. The zero-order valence-corrected chi connectivity index (χ0v) is 23.6. The SMILES string of the molecule is Cc1ccc(-c2csc(NC(=O)CSc3n[nH]c([C@@H](NC(=O)c4cccc([N+](=O)[O-])c4)C(C)C)n3)n2)cc1[N+](=O)[O-]. The van der Waals surface area contributed by atoms with E-state index in [1.807, 2.05) is 13.8 Å². The number of amides is 2. The van der Waals surface area contributed by atoms with Crippen molar-refractivity contribution in [2.45, 2.75) is 32.0 Å². The number of hydrogen-bond acceptors (Lipinski definition) is 11. The quantitative estimate of drug-likeness (QED) is 0.121. The van der Waals surface area contributed by atoms with Crippen molar-refractivity contribution >= 4 is 51.4 Å². The molecule has 41 heavy (non-hydrogen) atoms. The highest BCUT2D eigenvalue weighted by Gasteiger charge is 2.24. The van der Waals surface area contributed by atoms with Crippen LogP contribution in [0.5, 0.6) is 0 Å². The first kappa shape index (κ1) is 29.3. The van der Waals surface area contributed by atoms with Gasteiger partial charge < -0.3 is 10.6 Å². The molecule has 0 saturated carbocycles. The Hall–Kier alpha value is -4.70. The summed E-state index contributed by atoms with van der Waals surface area (Å²) in [7, 11) is 0. The molecule has 0 bridgehead atoms. The van der Waals surface area contributed by atoms with Crippen LogP contribution in [0.2, 0.25) is 0 Å². The van der Waals surface area contributed by atoms with Gasteiger partial charge in [-0.25, -0.2) is 9.97 Å². The Kier molecular flexibility index (Phi) is 9.04. The number of anilines is 1. The highest BCUT2D eigenvalue weighted by atomic mass is 32.2. The molecular formula is C25H24N8O6S2. The highest BCUT2D eigenvalue weighted by molar-refractivity contribution is 7.99. The highest BCUT2D eigenvalue weighted by Crippen LogP contribution is 2.30. The van der Waals surface area contributed by atoms with E-state index >= 15 is 0 Å². The molecule has 16 heteroatoms. The summed E-state index contributed by atoms with van der Waals surface area (Å²) in [5, 5.41) is 37.0. The van der Waals surface area contributed by atoms with E-state index in [1.54, 1.807) is 24.4 Å². The lowest BCUT2D eigenvalue weighted by atomic mass is 10.0. The number of aryl methyl sites for hydroxylation is 1. The summed E-state index contributed by atoms with van der Waals surface area (Å²) in [6.07, 6.45) is 0. The fourth-order valence-electron chi connectivity index (χ4n) is 3.71. The van der Waals surface area contributed by atoms with E-state index in [1.165, 1.54) is 41.7 Å². The van der Waals surface area contributed by atoms with E-state index in [2.05, 4.69) is 30.8 Å². The van der Waals surface area contributed by atoms with E-state index in [4.69, 9.17) is 0 Å². The van der Waals surface area contributed by atoms with Crippen molar-refractivity contribution in [3.63, 3.8) is 0 Å². The minimum atomic E-state index is -0.571. The third-order valence-electron chi connectivity index (χ3n) is 5.83. The van der Waals surface area contributed by atoms with Crippen LogP contribution < -0.4 is 10.6 Å². The van der Waals surface area contributed by atoms with Crippen molar-refractivity contribution in [2.24, 2.45) is 5.92 Å². The largest absolute Gasteiger partial charge is 0.342 e. The molecule has 0 radical (unpaired) electrons. The number of hydrogen-bond donors (Lipinski definition) is 3. The number of nitro groups is 2. The lowest BCUT2D eigenvalue weighted by Crippen LogP contribution is -2.32. The van der Waals surface area contributed by atoms with Gasteiger partial charge in [0.05, 0.1) is 27.3 Å². The molecule has 4 aromatic rings. The Balaban J connectivity index is 1.35. The number of H-pyrrole nitrogens is 1. The summed E-state index contributed by atoms with van der Waals surface area (Å²) < 4.78 is 0. The molecule has 212 valence electrons. The molecule has 0 aliphatic heterocycles. The van der Waals surface area contributed by atoms with Gasteiger partial charge in [-0.15, -0.1) is 16.4 Å². The number of carbonyl (C=O) groups excluding carboxylic acids is 2. The van der Waals surface area contributed by atoms with Crippen molar-refractivity contribution in [1.29, 1.82) is 0 Å². The first-order chi connectivity index (χ1) is 19.5. The summed E-state index contributed by atoms with van der Waals surface area (Å²) >= 11 is 2.27. The van der Waals surface area contributed by atoms with Crippen LogP contribution >= 0.6 is 23.1 Å². The van der Waals surface area contributed by atoms with Gasteiger partial charge in [0.1, 0.15) is 5.82 Å². The topological polar surface area (TPSA) is 199 Å². The number of nitrogens with one attached hydrogen (secondary N) is 3. The van der Waals surface area contributed by atoms with E-state index in [-0.39, 0.29) is 39.7 Å². The van der Waals surface area contributed by atoms with Crippen LogP contribution in [0.1, 0.15) is 41.6 Å². The predicted octanol–water partition coefficient (Wildman–Crippen LogP) is 4.91. The molecule has 2 heterocycles. The number of non-ortho nitro benzene ring substituents is 1. The van der Waals surface area contributed by atoms with Crippen molar-refractivity contribution in [1.82, 2.24) is 25.5 Å². The van der Waals surface area contributed by atoms with Crippen LogP contribution in [0.15, 0.2) is 53.0 Å². The van der Waals surface area contributed by atoms with Crippen molar-refractivity contribution < 1.29 is 19.4 Å². The maximum Gasteiger partial charge on any atom is 0.272 e. The summed E-state index contributed by atoms with van der Waals surface area (Å²) in [5.74, 6) is -0.592. The fraction of sp³-hybridized carbons (Fsp3) is 0.240. The predicted molar refractivity (Wildman–Crippen MR) is 153 cm³/mol. The number of thiazole rings is 1. The average molecular weight is 597 g/mol. The number of carbonyl (C=O) groups is 2. The van der Waals surface area contributed by atoms with Crippen LogP contribution in [0, 0.1) is 33.1 Å². The van der Waals surface area contributed by atoms with Crippen LogP contribution in [0.4, 0.5) is 16.5 Å². The van der Waals surface area contributed by atoms with E-state index < -0.39 is 21.8 Å². The molecule has 0 aliphatic rings. The number of aromatic amines is 1. The Bertz CT molecular complexity index is 1620. The lowest BCUT2D eigenvalue weighted by molar-refractivity contribution is -0.385. The van der Waals surface area contributed by atoms with Crippen molar-refractivity contribution in [3.8, 4) is 11.3 Å². The number of thioether (sulfide) groups is 1.